The predicted molar refractivity (Wildman–Crippen MR) is 86.4 cm³/mol. The SMILES string of the molecule is Cc1ccc(-c2cc3c(N)cccc3c(=O)[nH]2)cc1.Cl. The molecule has 2 aromatic carbocycles. The molecule has 20 heavy (non-hydrogen) atoms. The zero-order chi connectivity index (χ0) is 13.4. The molecular formula is C16H15ClN2O. The van der Waals surface area contributed by atoms with E-state index in [0.29, 0.717) is 11.1 Å². The lowest BCUT2D eigenvalue weighted by Gasteiger charge is -2.06. The van der Waals surface area contributed by atoms with Crippen molar-refractivity contribution >= 4 is 28.9 Å². The molecule has 3 nitrogen and oxygen atoms in total. The van der Waals surface area contributed by atoms with Crippen LogP contribution in [0.1, 0.15) is 5.56 Å². The number of hydrogen-bond acceptors (Lipinski definition) is 2. The molecule has 3 aromatic rings. The quantitative estimate of drug-likeness (QED) is 0.673. The fourth-order valence-corrected chi connectivity index (χ4v) is 2.20. The van der Waals surface area contributed by atoms with Crippen molar-refractivity contribution in [3.05, 3.63) is 64.4 Å². The highest BCUT2D eigenvalue weighted by Crippen LogP contribution is 2.23. The fraction of sp³-hybridized carbons (Fsp3) is 0.0625. The normalized spacial score (nSPS) is 10.2. The lowest BCUT2D eigenvalue weighted by atomic mass is 10.1. The summed E-state index contributed by atoms with van der Waals surface area (Å²) < 4.78 is 0. The molecule has 0 aliphatic heterocycles. The highest BCUT2D eigenvalue weighted by molar-refractivity contribution is 5.94. The van der Waals surface area contributed by atoms with Gasteiger partial charge in [-0.15, -0.1) is 12.4 Å². The molecule has 0 radical (unpaired) electrons. The highest BCUT2D eigenvalue weighted by Gasteiger charge is 2.05. The van der Waals surface area contributed by atoms with E-state index in [0.717, 1.165) is 16.6 Å². The Kier molecular flexibility index (Phi) is 3.81. The largest absolute Gasteiger partial charge is 0.398 e. The topological polar surface area (TPSA) is 58.9 Å². The number of benzene rings is 2. The number of H-pyrrole nitrogens is 1. The Hall–Kier alpha value is -2.26. The first-order valence-electron chi connectivity index (χ1n) is 6.14. The first kappa shape index (κ1) is 14.2. The van der Waals surface area contributed by atoms with E-state index in [1.54, 1.807) is 18.2 Å². The van der Waals surface area contributed by atoms with Gasteiger partial charge in [-0.1, -0.05) is 35.9 Å². The summed E-state index contributed by atoms with van der Waals surface area (Å²) in [5.74, 6) is 0. The minimum absolute atomic E-state index is 0. The van der Waals surface area contributed by atoms with Gasteiger partial charge in [-0.3, -0.25) is 4.79 Å². The molecule has 3 rings (SSSR count). The number of hydrogen-bond donors (Lipinski definition) is 2. The Morgan fingerprint density at radius 3 is 2.40 bits per heavy atom. The maximum atomic E-state index is 12.1. The molecule has 0 saturated heterocycles. The van der Waals surface area contributed by atoms with E-state index in [-0.39, 0.29) is 18.0 Å². The van der Waals surface area contributed by atoms with Gasteiger partial charge in [-0.2, -0.15) is 0 Å². The summed E-state index contributed by atoms with van der Waals surface area (Å²) in [6, 6.07) is 15.3. The second kappa shape index (κ2) is 5.39. The van der Waals surface area contributed by atoms with Gasteiger partial charge in [0.1, 0.15) is 0 Å². The smallest absolute Gasteiger partial charge is 0.256 e. The summed E-state index contributed by atoms with van der Waals surface area (Å²) in [4.78, 5) is 15.0. The van der Waals surface area contributed by atoms with Crippen LogP contribution in [0.5, 0.6) is 0 Å². The molecule has 0 unspecified atom stereocenters. The summed E-state index contributed by atoms with van der Waals surface area (Å²) in [7, 11) is 0. The van der Waals surface area contributed by atoms with Crippen LogP contribution in [0.4, 0.5) is 5.69 Å². The number of fused-ring (bicyclic) bond motifs is 1. The van der Waals surface area contributed by atoms with Gasteiger partial charge in [0.15, 0.2) is 0 Å². The zero-order valence-electron chi connectivity index (χ0n) is 11.0. The highest BCUT2D eigenvalue weighted by atomic mass is 35.5. The molecule has 0 amide bonds. The van der Waals surface area contributed by atoms with Crippen LogP contribution < -0.4 is 11.3 Å². The Bertz CT molecular complexity index is 807. The van der Waals surface area contributed by atoms with Gasteiger partial charge >= 0.3 is 0 Å². The molecule has 0 bridgehead atoms. The third-order valence-electron chi connectivity index (χ3n) is 3.28. The van der Waals surface area contributed by atoms with Crippen LogP contribution in [0.25, 0.3) is 22.0 Å². The first-order valence-corrected chi connectivity index (χ1v) is 6.14. The Morgan fingerprint density at radius 2 is 1.70 bits per heavy atom. The van der Waals surface area contributed by atoms with Crippen molar-refractivity contribution < 1.29 is 0 Å². The van der Waals surface area contributed by atoms with Crippen molar-refractivity contribution in [2.75, 3.05) is 5.73 Å². The molecule has 1 aromatic heterocycles. The van der Waals surface area contributed by atoms with E-state index >= 15 is 0 Å². The van der Waals surface area contributed by atoms with Crippen LogP contribution in [0.15, 0.2) is 53.3 Å². The standard InChI is InChI=1S/C16H14N2O.ClH/c1-10-5-7-11(8-6-10)15-9-13-12(16(19)18-15)3-2-4-14(13)17;/h2-9H,17H2,1H3,(H,18,19);1H. The second-order valence-corrected chi connectivity index (χ2v) is 4.69. The van der Waals surface area contributed by atoms with E-state index in [2.05, 4.69) is 4.98 Å². The summed E-state index contributed by atoms with van der Waals surface area (Å²) >= 11 is 0. The van der Waals surface area contributed by atoms with Gasteiger partial charge in [0, 0.05) is 22.2 Å². The number of rotatable bonds is 1. The fourth-order valence-electron chi connectivity index (χ4n) is 2.20. The van der Waals surface area contributed by atoms with Crippen LogP contribution in [0.3, 0.4) is 0 Å². The molecule has 0 fully saturated rings. The molecule has 0 atom stereocenters. The van der Waals surface area contributed by atoms with Crippen molar-refractivity contribution in [2.24, 2.45) is 0 Å². The van der Waals surface area contributed by atoms with Crippen LogP contribution in [0, 0.1) is 6.92 Å². The second-order valence-electron chi connectivity index (χ2n) is 4.69. The number of nitrogens with two attached hydrogens (primary N) is 1. The van der Waals surface area contributed by atoms with Gasteiger partial charge < -0.3 is 10.7 Å². The molecule has 102 valence electrons. The molecule has 4 heteroatoms. The average Bonchev–Trinajstić information content (AvgIpc) is 2.41. The summed E-state index contributed by atoms with van der Waals surface area (Å²) in [5, 5.41) is 1.41. The number of anilines is 1. The number of nitrogen functional groups attached to an aromatic ring is 1. The maximum absolute atomic E-state index is 12.1. The molecule has 0 spiro atoms. The molecule has 3 N–H and O–H groups in total. The van der Waals surface area contributed by atoms with Gasteiger partial charge in [0.2, 0.25) is 0 Å². The van der Waals surface area contributed by atoms with Gasteiger partial charge in [-0.05, 0) is 30.7 Å². The van der Waals surface area contributed by atoms with Crippen molar-refractivity contribution in [1.29, 1.82) is 0 Å². The number of halogens is 1. The molecule has 0 aliphatic rings. The molecular weight excluding hydrogens is 272 g/mol. The van der Waals surface area contributed by atoms with E-state index in [1.807, 2.05) is 37.3 Å². The number of nitrogens with one attached hydrogen (secondary N) is 1. The molecule has 0 aliphatic carbocycles. The van der Waals surface area contributed by atoms with Crippen LogP contribution >= 0.6 is 12.4 Å². The Balaban J connectivity index is 0.00000147. The van der Waals surface area contributed by atoms with Gasteiger partial charge in [0.05, 0.1) is 0 Å². The Morgan fingerprint density at radius 1 is 1.00 bits per heavy atom. The third kappa shape index (κ3) is 2.40. The van der Waals surface area contributed by atoms with Crippen molar-refractivity contribution in [3.8, 4) is 11.3 Å². The third-order valence-corrected chi connectivity index (χ3v) is 3.28. The van der Waals surface area contributed by atoms with Crippen molar-refractivity contribution in [3.63, 3.8) is 0 Å². The van der Waals surface area contributed by atoms with E-state index in [1.165, 1.54) is 5.56 Å². The monoisotopic (exact) mass is 286 g/mol. The number of aryl methyl sites for hydroxylation is 1. The first-order chi connectivity index (χ1) is 9.15. The predicted octanol–water partition coefficient (Wildman–Crippen LogP) is 3.51. The minimum atomic E-state index is -0.111. The van der Waals surface area contributed by atoms with Crippen molar-refractivity contribution in [1.82, 2.24) is 4.98 Å². The lowest BCUT2D eigenvalue weighted by Crippen LogP contribution is -2.08. The molecule has 1 heterocycles. The van der Waals surface area contributed by atoms with Crippen LogP contribution in [0.2, 0.25) is 0 Å². The maximum Gasteiger partial charge on any atom is 0.256 e. The zero-order valence-corrected chi connectivity index (χ0v) is 11.8. The van der Waals surface area contributed by atoms with E-state index in [4.69, 9.17) is 5.73 Å². The van der Waals surface area contributed by atoms with E-state index in [9.17, 15) is 4.79 Å². The van der Waals surface area contributed by atoms with Gasteiger partial charge in [-0.25, -0.2) is 0 Å². The van der Waals surface area contributed by atoms with Crippen molar-refractivity contribution in [2.45, 2.75) is 6.92 Å². The van der Waals surface area contributed by atoms with E-state index < -0.39 is 0 Å². The summed E-state index contributed by atoms with van der Waals surface area (Å²) in [6.07, 6.45) is 0. The average molecular weight is 287 g/mol. The summed E-state index contributed by atoms with van der Waals surface area (Å²) in [5.41, 5.74) is 9.41. The Labute approximate surface area is 122 Å². The number of pyridine rings is 1. The number of aromatic nitrogens is 1. The van der Waals surface area contributed by atoms with Gasteiger partial charge in [0.25, 0.3) is 5.56 Å². The minimum Gasteiger partial charge on any atom is -0.398 e. The van der Waals surface area contributed by atoms with Crippen LogP contribution in [-0.2, 0) is 0 Å². The molecule has 0 saturated carbocycles. The lowest BCUT2D eigenvalue weighted by molar-refractivity contribution is 1.27. The number of aromatic amines is 1. The van der Waals surface area contributed by atoms with Crippen LogP contribution in [-0.4, -0.2) is 4.98 Å². The summed E-state index contributed by atoms with van der Waals surface area (Å²) in [6.45, 7) is 2.03.